The van der Waals surface area contributed by atoms with Gasteiger partial charge in [-0.15, -0.1) is 0 Å². The maximum Gasteiger partial charge on any atom is 0.212 e. The summed E-state index contributed by atoms with van der Waals surface area (Å²) in [7, 11) is 0. The molecule has 0 bridgehead atoms. The molecule has 350 valence electrons. The molecule has 0 saturated heterocycles. The Labute approximate surface area is 419 Å². The summed E-state index contributed by atoms with van der Waals surface area (Å²) in [4.78, 5) is 10.9. The highest BCUT2D eigenvalue weighted by Crippen LogP contribution is 2.63. The molecule has 0 fully saturated rings. The van der Waals surface area contributed by atoms with Crippen molar-refractivity contribution in [2.45, 2.75) is 11.6 Å². The summed E-state index contributed by atoms with van der Waals surface area (Å²) in [5.74, 6) is -1.18. The van der Waals surface area contributed by atoms with Crippen molar-refractivity contribution < 1.29 is 17.6 Å². The molecule has 10 heteroatoms. The third kappa shape index (κ3) is 5.43. The van der Waals surface area contributed by atoms with Crippen LogP contribution < -0.4 is 5.32 Å². The highest BCUT2D eigenvalue weighted by atomic mass is 19.1. The minimum Gasteiger partial charge on any atom is -0.309 e. The number of fused-ring (bicyclic) bond motifs is 19. The Morgan fingerprint density at radius 1 is 0.338 bits per heavy atom. The first-order chi connectivity index (χ1) is 36.3. The van der Waals surface area contributed by atoms with Crippen molar-refractivity contribution in [2.24, 2.45) is 9.98 Å². The Kier molecular flexibility index (Phi) is 8.21. The molecule has 1 unspecified atom stereocenters. The largest absolute Gasteiger partial charge is 0.309 e. The Bertz CT molecular complexity index is 4400. The van der Waals surface area contributed by atoms with Crippen molar-refractivity contribution in [1.82, 2.24) is 19.0 Å². The van der Waals surface area contributed by atoms with Crippen molar-refractivity contribution in [3.05, 3.63) is 257 Å². The molecule has 1 spiro atoms. The zero-order valence-corrected chi connectivity index (χ0v) is 39.0. The van der Waals surface area contributed by atoms with Gasteiger partial charge in [-0.3, -0.25) is 14.5 Å². The van der Waals surface area contributed by atoms with E-state index in [9.17, 15) is 0 Å². The molecule has 4 heterocycles. The quantitative estimate of drug-likeness (QED) is 0.172. The number of nitrogens with one attached hydrogen (secondary N) is 1. The van der Waals surface area contributed by atoms with Crippen LogP contribution in [0.1, 0.15) is 34.0 Å². The predicted octanol–water partition coefficient (Wildman–Crippen LogP) is 15.3. The molecule has 0 amide bonds. The Hall–Kier alpha value is -9.54. The number of nitrogens with zero attached hydrogens (tertiary/aromatic N) is 5. The Morgan fingerprint density at radius 2 is 0.730 bits per heavy atom. The highest BCUT2D eigenvalue weighted by Gasteiger charge is 2.52. The molecule has 16 rings (SSSR count). The molecule has 0 radical (unpaired) electrons. The van der Waals surface area contributed by atoms with Gasteiger partial charge in [0.05, 0.1) is 38.5 Å². The number of hydrogen-bond acceptors (Lipinski definition) is 3. The fourth-order valence-electron chi connectivity index (χ4n) is 12.8. The lowest BCUT2D eigenvalue weighted by Crippen LogP contribution is -2.42. The van der Waals surface area contributed by atoms with Gasteiger partial charge >= 0.3 is 0 Å². The van der Waals surface area contributed by atoms with Gasteiger partial charge in [0.1, 0.15) is 23.3 Å². The summed E-state index contributed by atoms with van der Waals surface area (Å²) in [5, 5.41) is 7.90. The molecule has 3 aliphatic rings. The molecule has 10 aromatic carbocycles. The summed E-state index contributed by atoms with van der Waals surface area (Å²) in [5.41, 5.74) is 14.8. The van der Waals surface area contributed by atoms with Crippen LogP contribution in [0.25, 0.3) is 93.4 Å². The molecule has 2 aliphatic carbocycles. The minimum atomic E-state index is -0.894. The maximum absolute atomic E-state index is 15.1. The summed E-state index contributed by atoms with van der Waals surface area (Å²) in [6, 6.07) is 65.7. The maximum atomic E-state index is 15.1. The van der Waals surface area contributed by atoms with Gasteiger partial charge in [0, 0.05) is 38.0 Å². The van der Waals surface area contributed by atoms with Gasteiger partial charge in [-0.25, -0.2) is 27.5 Å². The second kappa shape index (κ2) is 14.8. The van der Waals surface area contributed by atoms with E-state index in [0.717, 1.165) is 55.7 Å². The van der Waals surface area contributed by atoms with E-state index in [4.69, 9.17) is 9.98 Å². The molecular weight excluding hydrogens is 929 g/mol. The van der Waals surface area contributed by atoms with E-state index < -0.39 is 34.8 Å². The SMILES string of the molecule is Fc1ccc2c(c1)c1cc(F)ccc1n2C1=NC(c2ccc3c(c2)C2(c4ccccc4-3)c3ccccc3-c3ccc(-n4c5ccccc5c5ccccc54)cc32)N=C(n2c3ccc(F)cc3c3cc(F)ccc32)N1. The summed E-state index contributed by atoms with van der Waals surface area (Å²) >= 11 is 0. The van der Waals surface area contributed by atoms with Crippen LogP contribution in [0.15, 0.2) is 216 Å². The highest BCUT2D eigenvalue weighted by molar-refractivity contribution is 6.20. The van der Waals surface area contributed by atoms with Crippen molar-refractivity contribution in [3.8, 4) is 27.9 Å². The fraction of sp³-hybridized carbons (Fsp3) is 0.0312. The average Bonchev–Trinajstić information content (AvgIpc) is 4.24. The normalized spacial score (nSPS) is 15.8. The van der Waals surface area contributed by atoms with Crippen molar-refractivity contribution in [1.29, 1.82) is 0 Å². The van der Waals surface area contributed by atoms with Crippen LogP contribution >= 0.6 is 0 Å². The first-order valence-electron chi connectivity index (χ1n) is 24.5. The molecule has 1 atom stereocenters. The lowest BCUT2D eigenvalue weighted by molar-refractivity contribution is 0.628. The first-order valence-corrected chi connectivity index (χ1v) is 24.5. The average molecular weight is 965 g/mol. The van der Waals surface area contributed by atoms with E-state index in [0.29, 0.717) is 55.5 Å². The predicted molar refractivity (Wildman–Crippen MR) is 287 cm³/mol. The molecule has 0 saturated carbocycles. The summed E-state index contributed by atoms with van der Waals surface area (Å²) in [6.45, 7) is 0. The third-order valence-corrected chi connectivity index (χ3v) is 15.7. The van der Waals surface area contributed by atoms with Gasteiger partial charge < -0.3 is 4.57 Å². The second-order valence-corrected chi connectivity index (χ2v) is 19.5. The van der Waals surface area contributed by atoms with Crippen LogP contribution in [0, 0.1) is 23.3 Å². The van der Waals surface area contributed by atoms with Gasteiger partial charge in [0.2, 0.25) is 11.9 Å². The van der Waals surface area contributed by atoms with E-state index in [-0.39, 0.29) is 0 Å². The minimum absolute atomic E-state index is 0.336. The fourth-order valence-corrected chi connectivity index (χ4v) is 12.8. The van der Waals surface area contributed by atoms with Gasteiger partial charge in [0.15, 0.2) is 6.17 Å². The molecular formula is C64H36F4N6. The van der Waals surface area contributed by atoms with Crippen LogP contribution in [-0.4, -0.2) is 25.6 Å². The van der Waals surface area contributed by atoms with Gasteiger partial charge in [-0.05, 0) is 153 Å². The molecule has 6 nitrogen and oxygen atoms in total. The van der Waals surface area contributed by atoms with Crippen LogP contribution in [0.4, 0.5) is 17.6 Å². The smallest absolute Gasteiger partial charge is 0.212 e. The van der Waals surface area contributed by atoms with Crippen LogP contribution in [-0.2, 0) is 5.41 Å². The van der Waals surface area contributed by atoms with E-state index in [1.165, 1.54) is 70.4 Å². The number of rotatable bonds is 2. The van der Waals surface area contributed by atoms with Gasteiger partial charge in [0.25, 0.3) is 0 Å². The number of aliphatic imine (C=N–C) groups is 2. The monoisotopic (exact) mass is 964 g/mol. The van der Waals surface area contributed by atoms with E-state index in [2.05, 4.69) is 143 Å². The summed E-state index contributed by atoms with van der Waals surface area (Å²) < 4.78 is 66.5. The van der Waals surface area contributed by atoms with E-state index >= 15 is 17.6 Å². The number of halogens is 4. The third-order valence-electron chi connectivity index (χ3n) is 15.7. The zero-order chi connectivity index (χ0) is 49.1. The van der Waals surface area contributed by atoms with Gasteiger partial charge in [-0.2, -0.15) is 0 Å². The molecule has 13 aromatic rings. The molecule has 3 aromatic heterocycles. The van der Waals surface area contributed by atoms with Gasteiger partial charge in [-0.1, -0.05) is 103 Å². The lowest BCUT2D eigenvalue weighted by Gasteiger charge is -2.31. The number of para-hydroxylation sites is 2. The van der Waals surface area contributed by atoms with Crippen LogP contribution in [0.3, 0.4) is 0 Å². The lowest BCUT2D eigenvalue weighted by atomic mass is 9.70. The van der Waals surface area contributed by atoms with Crippen molar-refractivity contribution in [2.75, 3.05) is 0 Å². The number of aromatic nitrogens is 3. The number of hydrogen-bond donors (Lipinski definition) is 1. The Morgan fingerprint density at radius 3 is 1.22 bits per heavy atom. The number of benzene rings is 10. The second-order valence-electron chi connectivity index (χ2n) is 19.5. The summed E-state index contributed by atoms with van der Waals surface area (Å²) in [6.07, 6.45) is -0.894. The molecule has 1 N–H and O–H groups in total. The molecule has 74 heavy (non-hydrogen) atoms. The van der Waals surface area contributed by atoms with E-state index in [1.807, 2.05) is 9.13 Å². The zero-order valence-electron chi connectivity index (χ0n) is 39.0. The van der Waals surface area contributed by atoms with Crippen molar-refractivity contribution >= 4 is 77.3 Å². The standard InChI is InChI=1S/C64H36F4N6/c65-36-18-25-57-47(30-36)48-31-37(66)19-26-58(48)73(57)62-69-61(70-63(71-62)74-59-27-20-38(67)32-49(59)50-33-39(68)21-28-60(50)74)35-17-23-43-41-9-1-5-13-51(41)64(53(43)29-35)52-14-6-2-10-42(52)44-24-22-40(34-54(44)64)72-55-15-7-3-11-45(55)46-12-4-8-16-56(46)72/h1-34,61H,(H,69,70,71). The van der Waals surface area contributed by atoms with E-state index in [1.54, 1.807) is 24.3 Å². The van der Waals surface area contributed by atoms with Crippen LogP contribution in [0.5, 0.6) is 0 Å². The van der Waals surface area contributed by atoms with Crippen LogP contribution in [0.2, 0.25) is 0 Å². The Balaban J connectivity index is 0.963. The first kappa shape index (κ1) is 41.1. The molecule has 1 aliphatic heterocycles. The van der Waals surface area contributed by atoms with Crippen molar-refractivity contribution in [3.63, 3.8) is 0 Å². The topological polar surface area (TPSA) is 51.5 Å².